The molecule has 0 aromatic rings. The van der Waals surface area contributed by atoms with Crippen LogP contribution in [0.25, 0.3) is 0 Å². The van der Waals surface area contributed by atoms with E-state index in [1.807, 2.05) is 25.9 Å². The normalized spacial score (nSPS) is 14.2. The number of nitrogens with zero attached hydrogens (tertiary/aromatic N) is 2. The quantitative estimate of drug-likeness (QED) is 0.515. The van der Waals surface area contributed by atoms with E-state index >= 15 is 0 Å². The molecule has 0 radical (unpaired) electrons. The van der Waals surface area contributed by atoms with Crippen molar-refractivity contribution in [1.82, 2.24) is 19.2 Å². The molecule has 0 amide bonds. The molecular formula is C13H32N4O2S. The summed E-state index contributed by atoms with van der Waals surface area (Å²) >= 11 is 0. The van der Waals surface area contributed by atoms with Crippen molar-refractivity contribution in [2.45, 2.75) is 39.2 Å². The van der Waals surface area contributed by atoms with Crippen LogP contribution < -0.4 is 10.0 Å². The first-order chi connectivity index (χ1) is 9.29. The Morgan fingerprint density at radius 2 is 1.75 bits per heavy atom. The molecule has 0 aliphatic carbocycles. The van der Waals surface area contributed by atoms with Gasteiger partial charge in [-0.25, -0.2) is 0 Å². The molecule has 0 saturated carbocycles. The van der Waals surface area contributed by atoms with Gasteiger partial charge in [0.25, 0.3) is 10.2 Å². The average molecular weight is 308 g/mol. The SMILES string of the molecule is CCCNCCCN(C)S(=O)(=O)NC(C)CCN(C)C. The third kappa shape index (κ3) is 9.66. The molecule has 0 aliphatic rings. The number of hydrogen-bond donors (Lipinski definition) is 2. The minimum absolute atomic E-state index is 0.0527. The molecule has 0 bridgehead atoms. The summed E-state index contributed by atoms with van der Waals surface area (Å²) in [4.78, 5) is 2.05. The van der Waals surface area contributed by atoms with E-state index in [0.717, 1.165) is 38.9 Å². The van der Waals surface area contributed by atoms with Crippen molar-refractivity contribution in [3.63, 3.8) is 0 Å². The van der Waals surface area contributed by atoms with Gasteiger partial charge in [-0.3, -0.25) is 0 Å². The molecule has 0 heterocycles. The zero-order valence-corrected chi connectivity index (χ0v) is 14.5. The van der Waals surface area contributed by atoms with Crippen molar-refractivity contribution in [3.05, 3.63) is 0 Å². The highest BCUT2D eigenvalue weighted by Gasteiger charge is 2.19. The Labute approximate surface area is 125 Å². The van der Waals surface area contributed by atoms with Gasteiger partial charge in [-0.05, 0) is 59.9 Å². The third-order valence-electron chi connectivity index (χ3n) is 3.02. The van der Waals surface area contributed by atoms with Crippen LogP contribution in [-0.4, -0.2) is 71.0 Å². The first kappa shape index (κ1) is 19.8. The summed E-state index contributed by atoms with van der Waals surface area (Å²) in [6, 6.07) is -0.0527. The molecule has 0 aromatic heterocycles. The monoisotopic (exact) mass is 308 g/mol. The summed E-state index contributed by atoms with van der Waals surface area (Å²) in [5.41, 5.74) is 0. The van der Waals surface area contributed by atoms with Gasteiger partial charge in [0.2, 0.25) is 0 Å². The summed E-state index contributed by atoms with van der Waals surface area (Å²) in [5.74, 6) is 0. The minimum atomic E-state index is -3.36. The van der Waals surface area contributed by atoms with Crippen LogP contribution in [0.3, 0.4) is 0 Å². The molecule has 6 nitrogen and oxygen atoms in total. The Morgan fingerprint density at radius 3 is 2.30 bits per heavy atom. The van der Waals surface area contributed by atoms with E-state index < -0.39 is 10.2 Å². The largest absolute Gasteiger partial charge is 0.317 e. The molecule has 122 valence electrons. The lowest BCUT2D eigenvalue weighted by Crippen LogP contribution is -2.44. The smallest absolute Gasteiger partial charge is 0.279 e. The van der Waals surface area contributed by atoms with Crippen LogP contribution in [0.1, 0.15) is 33.1 Å². The fourth-order valence-electron chi connectivity index (χ4n) is 1.70. The fourth-order valence-corrected chi connectivity index (χ4v) is 2.88. The van der Waals surface area contributed by atoms with Crippen molar-refractivity contribution in [3.8, 4) is 0 Å². The maximum Gasteiger partial charge on any atom is 0.279 e. The van der Waals surface area contributed by atoms with Gasteiger partial charge in [0.1, 0.15) is 0 Å². The Morgan fingerprint density at radius 1 is 1.10 bits per heavy atom. The third-order valence-corrected chi connectivity index (χ3v) is 4.73. The van der Waals surface area contributed by atoms with Crippen molar-refractivity contribution < 1.29 is 8.42 Å². The van der Waals surface area contributed by atoms with E-state index in [0.29, 0.717) is 6.54 Å². The van der Waals surface area contributed by atoms with Crippen molar-refractivity contribution >= 4 is 10.2 Å². The molecule has 20 heavy (non-hydrogen) atoms. The summed E-state index contributed by atoms with van der Waals surface area (Å²) in [7, 11) is 2.23. The molecule has 0 saturated heterocycles. The van der Waals surface area contributed by atoms with E-state index in [9.17, 15) is 8.42 Å². The second-order valence-electron chi connectivity index (χ2n) is 5.54. The fraction of sp³-hybridized carbons (Fsp3) is 1.00. The first-order valence-corrected chi connectivity index (χ1v) is 8.82. The highest BCUT2D eigenvalue weighted by atomic mass is 32.2. The molecule has 1 atom stereocenters. The van der Waals surface area contributed by atoms with Gasteiger partial charge in [0, 0.05) is 19.6 Å². The zero-order valence-electron chi connectivity index (χ0n) is 13.6. The lowest BCUT2D eigenvalue weighted by atomic mass is 10.2. The Hall–Kier alpha value is -0.210. The van der Waals surface area contributed by atoms with Crippen LogP contribution in [0.4, 0.5) is 0 Å². The average Bonchev–Trinajstić information content (AvgIpc) is 2.35. The zero-order chi connectivity index (χ0) is 15.6. The molecule has 7 heteroatoms. The van der Waals surface area contributed by atoms with Crippen LogP contribution in [0.2, 0.25) is 0 Å². The van der Waals surface area contributed by atoms with Crippen LogP contribution in [0.15, 0.2) is 0 Å². The van der Waals surface area contributed by atoms with E-state index in [4.69, 9.17) is 0 Å². The van der Waals surface area contributed by atoms with Crippen molar-refractivity contribution in [2.75, 3.05) is 47.3 Å². The van der Waals surface area contributed by atoms with Gasteiger partial charge < -0.3 is 10.2 Å². The van der Waals surface area contributed by atoms with Crippen molar-refractivity contribution in [1.29, 1.82) is 0 Å². The van der Waals surface area contributed by atoms with Gasteiger partial charge in [0.15, 0.2) is 0 Å². The maximum atomic E-state index is 12.1. The number of hydrogen-bond acceptors (Lipinski definition) is 4. The summed E-state index contributed by atoms with van der Waals surface area (Å²) in [5, 5.41) is 3.27. The van der Waals surface area contributed by atoms with Crippen LogP contribution >= 0.6 is 0 Å². The summed E-state index contributed by atoms with van der Waals surface area (Å²) in [6.45, 7) is 7.25. The number of nitrogens with one attached hydrogen (secondary N) is 2. The lowest BCUT2D eigenvalue weighted by molar-refractivity contribution is 0.373. The second-order valence-corrected chi connectivity index (χ2v) is 7.35. The maximum absolute atomic E-state index is 12.1. The standard InChI is InChI=1S/C13H32N4O2S/c1-6-9-14-10-7-11-17(5)20(18,19)15-13(2)8-12-16(3)4/h13-15H,6-12H2,1-5H3. The number of rotatable bonds is 12. The molecule has 1 unspecified atom stereocenters. The van der Waals surface area contributed by atoms with Gasteiger partial charge in [0.05, 0.1) is 0 Å². The molecule has 0 rings (SSSR count). The first-order valence-electron chi connectivity index (χ1n) is 7.38. The van der Waals surface area contributed by atoms with Gasteiger partial charge in [-0.15, -0.1) is 0 Å². The molecule has 2 N–H and O–H groups in total. The topological polar surface area (TPSA) is 64.7 Å². The van der Waals surface area contributed by atoms with E-state index in [1.165, 1.54) is 4.31 Å². The lowest BCUT2D eigenvalue weighted by Gasteiger charge is -2.22. The molecular weight excluding hydrogens is 276 g/mol. The molecule has 0 aromatic carbocycles. The highest BCUT2D eigenvalue weighted by Crippen LogP contribution is 2.00. The predicted molar refractivity (Wildman–Crippen MR) is 85.1 cm³/mol. The Balaban J connectivity index is 4.01. The molecule has 0 spiro atoms. The molecule has 0 aliphatic heterocycles. The van der Waals surface area contributed by atoms with Gasteiger partial charge in [-0.1, -0.05) is 6.92 Å². The highest BCUT2D eigenvalue weighted by molar-refractivity contribution is 7.87. The summed E-state index contributed by atoms with van der Waals surface area (Å²) < 4.78 is 28.3. The van der Waals surface area contributed by atoms with Gasteiger partial charge >= 0.3 is 0 Å². The summed E-state index contributed by atoms with van der Waals surface area (Å²) in [6.07, 6.45) is 2.72. The second kappa shape index (κ2) is 10.5. The Kier molecular flexibility index (Phi) is 10.4. The van der Waals surface area contributed by atoms with E-state index in [2.05, 4.69) is 17.0 Å². The predicted octanol–water partition coefficient (Wildman–Crippen LogP) is 0.483. The minimum Gasteiger partial charge on any atom is -0.317 e. The van der Waals surface area contributed by atoms with Gasteiger partial charge in [-0.2, -0.15) is 17.4 Å². The van der Waals surface area contributed by atoms with Crippen LogP contribution in [-0.2, 0) is 10.2 Å². The van der Waals surface area contributed by atoms with Crippen LogP contribution in [0.5, 0.6) is 0 Å². The van der Waals surface area contributed by atoms with E-state index in [-0.39, 0.29) is 6.04 Å². The van der Waals surface area contributed by atoms with E-state index in [1.54, 1.807) is 7.05 Å². The van der Waals surface area contributed by atoms with Crippen molar-refractivity contribution in [2.24, 2.45) is 0 Å². The molecule has 0 fully saturated rings. The van der Waals surface area contributed by atoms with Crippen LogP contribution in [0, 0.1) is 0 Å². The Bertz CT molecular complexity index is 333.